The third-order valence-corrected chi connectivity index (χ3v) is 7.53. The normalized spacial score (nSPS) is 15.0. The molecule has 1 aliphatic rings. The standard InChI is InChI=1S/C33H32N2O6S/c1-4-39-24-16-14-23(15-17-24)34-32-30(33(37)40-5-2)31(36)29(42-32)20-22-21-35(26-11-7-6-10-25(22)26)18-19-41-28-13-9-8-12-27(28)38-3/h6-17,20-21,36H,4-5,18-19H2,1-3H3/b29-20-,34-32?. The van der Waals surface area contributed by atoms with Crippen LogP contribution >= 0.6 is 11.8 Å². The van der Waals surface area contributed by atoms with Gasteiger partial charge in [0.15, 0.2) is 11.5 Å². The van der Waals surface area contributed by atoms with Gasteiger partial charge in [0.25, 0.3) is 0 Å². The summed E-state index contributed by atoms with van der Waals surface area (Å²) in [6.45, 7) is 5.41. The predicted molar refractivity (Wildman–Crippen MR) is 167 cm³/mol. The molecule has 0 amide bonds. The second-order valence-electron chi connectivity index (χ2n) is 9.19. The molecule has 1 aromatic heterocycles. The Morgan fingerprint density at radius 3 is 2.43 bits per heavy atom. The van der Waals surface area contributed by atoms with E-state index in [1.807, 2.05) is 79.9 Å². The number of esters is 1. The van der Waals surface area contributed by atoms with Gasteiger partial charge in [-0.3, -0.25) is 0 Å². The van der Waals surface area contributed by atoms with Crippen molar-refractivity contribution in [3.63, 3.8) is 0 Å². The van der Waals surface area contributed by atoms with Gasteiger partial charge in [-0.25, -0.2) is 9.79 Å². The first-order chi connectivity index (χ1) is 20.5. The first-order valence-corrected chi connectivity index (χ1v) is 14.5. The number of aromatic nitrogens is 1. The zero-order valence-electron chi connectivity index (χ0n) is 23.7. The van der Waals surface area contributed by atoms with Gasteiger partial charge in [-0.05, 0) is 62.4 Å². The first kappa shape index (κ1) is 28.9. The molecule has 0 unspecified atom stereocenters. The number of aliphatic hydroxyl groups excluding tert-OH is 1. The number of ether oxygens (including phenoxy) is 4. The number of aliphatic imine (C=N–C) groups is 1. The Balaban J connectivity index is 1.45. The van der Waals surface area contributed by atoms with Crippen molar-refractivity contribution in [3.8, 4) is 17.2 Å². The maximum atomic E-state index is 12.9. The molecule has 1 aliphatic heterocycles. The van der Waals surface area contributed by atoms with Crippen molar-refractivity contribution in [2.75, 3.05) is 26.9 Å². The van der Waals surface area contributed by atoms with Crippen molar-refractivity contribution < 1.29 is 28.8 Å². The fourth-order valence-electron chi connectivity index (χ4n) is 4.60. The highest BCUT2D eigenvalue weighted by molar-refractivity contribution is 8.18. The highest BCUT2D eigenvalue weighted by atomic mass is 32.2. The summed E-state index contributed by atoms with van der Waals surface area (Å²) in [5.74, 6) is 1.32. The summed E-state index contributed by atoms with van der Waals surface area (Å²) >= 11 is 1.23. The summed E-state index contributed by atoms with van der Waals surface area (Å²) in [4.78, 5) is 18.1. The van der Waals surface area contributed by atoms with E-state index in [-0.39, 0.29) is 17.9 Å². The first-order valence-electron chi connectivity index (χ1n) is 13.7. The summed E-state index contributed by atoms with van der Waals surface area (Å²) in [5.41, 5.74) is 2.59. The molecular weight excluding hydrogens is 552 g/mol. The van der Waals surface area contributed by atoms with Gasteiger partial charge in [0.2, 0.25) is 0 Å². The van der Waals surface area contributed by atoms with Crippen LogP contribution < -0.4 is 14.2 Å². The smallest absolute Gasteiger partial charge is 0.344 e. The van der Waals surface area contributed by atoms with Gasteiger partial charge in [0, 0.05) is 22.7 Å². The molecule has 9 heteroatoms. The van der Waals surface area contributed by atoms with Gasteiger partial charge >= 0.3 is 5.97 Å². The number of fused-ring (bicyclic) bond motifs is 1. The Hall–Kier alpha value is -4.63. The van der Waals surface area contributed by atoms with Crippen LogP contribution in [0.1, 0.15) is 19.4 Å². The fourth-order valence-corrected chi connectivity index (χ4v) is 5.63. The van der Waals surface area contributed by atoms with Gasteiger partial charge in [-0.15, -0.1) is 0 Å². The van der Waals surface area contributed by atoms with Gasteiger partial charge in [0.05, 0.1) is 37.5 Å². The van der Waals surface area contributed by atoms with Crippen molar-refractivity contribution >= 4 is 45.4 Å². The molecule has 0 fully saturated rings. The number of rotatable bonds is 11. The minimum Gasteiger partial charge on any atom is -0.506 e. The van der Waals surface area contributed by atoms with Gasteiger partial charge < -0.3 is 28.6 Å². The number of hydrogen-bond acceptors (Lipinski definition) is 8. The number of hydrogen-bond donors (Lipinski definition) is 1. The Labute approximate surface area is 248 Å². The second-order valence-corrected chi connectivity index (χ2v) is 10.2. The average molecular weight is 585 g/mol. The minimum absolute atomic E-state index is 0.0518. The van der Waals surface area contributed by atoms with Crippen molar-refractivity contribution in [2.24, 2.45) is 4.99 Å². The van der Waals surface area contributed by atoms with Crippen LogP contribution in [0, 0.1) is 0 Å². The molecule has 1 N–H and O–H groups in total. The molecule has 5 rings (SSSR count). The van der Waals surface area contributed by atoms with Crippen LogP contribution in [0.5, 0.6) is 17.2 Å². The van der Waals surface area contributed by atoms with Crippen molar-refractivity contribution in [2.45, 2.75) is 20.4 Å². The third-order valence-electron chi connectivity index (χ3n) is 6.51. The van der Waals surface area contributed by atoms with Crippen LogP contribution in [-0.4, -0.2) is 47.6 Å². The summed E-state index contributed by atoms with van der Waals surface area (Å²) in [6.07, 6.45) is 3.89. The Kier molecular flexibility index (Phi) is 9.18. The van der Waals surface area contributed by atoms with Gasteiger partial charge in [-0.1, -0.05) is 42.1 Å². The molecule has 0 spiro atoms. The molecule has 3 aromatic carbocycles. The maximum Gasteiger partial charge on any atom is 0.344 e. The van der Waals surface area contributed by atoms with Crippen LogP contribution in [-0.2, 0) is 16.1 Å². The van der Waals surface area contributed by atoms with Crippen LogP contribution in [0.2, 0.25) is 0 Å². The van der Waals surface area contributed by atoms with Gasteiger partial charge in [-0.2, -0.15) is 0 Å². The second kappa shape index (κ2) is 13.4. The average Bonchev–Trinajstić information content (AvgIpc) is 3.51. The fraction of sp³-hybridized carbons (Fsp3) is 0.212. The van der Waals surface area contributed by atoms with Crippen LogP contribution in [0.3, 0.4) is 0 Å². The van der Waals surface area contributed by atoms with Crippen molar-refractivity contribution in [1.82, 2.24) is 4.57 Å². The number of benzene rings is 3. The highest BCUT2D eigenvalue weighted by Gasteiger charge is 2.33. The van der Waals surface area contributed by atoms with E-state index in [0.29, 0.717) is 46.9 Å². The van der Waals surface area contributed by atoms with E-state index in [1.54, 1.807) is 26.2 Å². The number of para-hydroxylation sites is 3. The van der Waals surface area contributed by atoms with Gasteiger partial charge in [0.1, 0.15) is 28.7 Å². The summed E-state index contributed by atoms with van der Waals surface area (Å²) in [7, 11) is 1.62. The molecule has 0 aliphatic carbocycles. The maximum absolute atomic E-state index is 12.9. The molecule has 216 valence electrons. The minimum atomic E-state index is -0.619. The number of carbonyl (C=O) groups excluding carboxylic acids is 1. The number of aliphatic hydroxyl groups is 1. The molecular formula is C33H32N2O6S. The quantitative estimate of drug-likeness (QED) is 0.185. The zero-order valence-corrected chi connectivity index (χ0v) is 24.5. The van der Waals surface area contributed by atoms with E-state index in [1.165, 1.54) is 11.8 Å². The summed E-state index contributed by atoms with van der Waals surface area (Å²) in [6, 6.07) is 22.8. The molecule has 42 heavy (non-hydrogen) atoms. The predicted octanol–water partition coefficient (Wildman–Crippen LogP) is 7.32. The van der Waals surface area contributed by atoms with E-state index in [2.05, 4.69) is 9.56 Å². The largest absolute Gasteiger partial charge is 0.506 e. The SMILES string of the molecule is CCOC(=O)C1=C(O)/C(=C/c2cn(CCOc3ccccc3OC)c3ccccc23)SC1=Nc1ccc(OCC)cc1. The number of carbonyl (C=O) groups is 1. The van der Waals surface area contributed by atoms with E-state index in [4.69, 9.17) is 18.9 Å². The topological polar surface area (TPSA) is 91.5 Å². The van der Waals surface area contributed by atoms with E-state index in [0.717, 1.165) is 22.2 Å². The van der Waals surface area contributed by atoms with Crippen LogP contribution in [0.15, 0.2) is 100 Å². The molecule has 2 heterocycles. The number of thioether (sulfide) groups is 1. The lowest BCUT2D eigenvalue weighted by Crippen LogP contribution is -2.12. The molecule has 8 nitrogen and oxygen atoms in total. The lowest BCUT2D eigenvalue weighted by Gasteiger charge is -2.11. The Bertz CT molecular complexity index is 1670. The summed E-state index contributed by atoms with van der Waals surface area (Å²) < 4.78 is 24.3. The van der Waals surface area contributed by atoms with E-state index in [9.17, 15) is 9.90 Å². The molecule has 0 saturated heterocycles. The molecule has 0 bridgehead atoms. The summed E-state index contributed by atoms with van der Waals surface area (Å²) in [5, 5.41) is 12.6. The van der Waals surface area contributed by atoms with E-state index < -0.39 is 5.97 Å². The van der Waals surface area contributed by atoms with Crippen LogP contribution in [0.4, 0.5) is 5.69 Å². The number of nitrogens with zero attached hydrogens (tertiary/aromatic N) is 2. The monoisotopic (exact) mass is 584 g/mol. The van der Waals surface area contributed by atoms with E-state index >= 15 is 0 Å². The lowest BCUT2D eigenvalue weighted by molar-refractivity contribution is -0.138. The third kappa shape index (κ3) is 6.31. The number of methoxy groups -OCH3 is 1. The molecule has 0 saturated carbocycles. The van der Waals surface area contributed by atoms with Crippen LogP contribution in [0.25, 0.3) is 17.0 Å². The zero-order chi connectivity index (χ0) is 29.5. The molecule has 0 radical (unpaired) electrons. The molecule has 4 aromatic rings. The Morgan fingerprint density at radius 2 is 1.69 bits per heavy atom. The van der Waals surface area contributed by atoms with Crippen molar-refractivity contribution in [1.29, 1.82) is 0 Å². The Morgan fingerprint density at radius 1 is 0.952 bits per heavy atom. The lowest BCUT2D eigenvalue weighted by atomic mass is 10.1. The van der Waals surface area contributed by atoms with Crippen molar-refractivity contribution in [3.05, 3.63) is 101 Å². The highest BCUT2D eigenvalue weighted by Crippen LogP contribution is 2.41. The molecule has 0 atom stereocenters.